The second kappa shape index (κ2) is 5.52. The van der Waals surface area contributed by atoms with E-state index in [9.17, 15) is 4.79 Å². The number of benzene rings is 2. The SMILES string of the molecule is CN(C)c1cccc(C(=O)Nc2ccc3c(c2)ncn3C)c1. The molecule has 3 aromatic rings. The van der Waals surface area contributed by atoms with E-state index >= 15 is 0 Å². The minimum Gasteiger partial charge on any atom is -0.378 e. The third-order valence-electron chi connectivity index (χ3n) is 3.61. The van der Waals surface area contributed by atoms with Crippen LogP contribution < -0.4 is 10.2 Å². The molecule has 0 bridgehead atoms. The summed E-state index contributed by atoms with van der Waals surface area (Å²) in [6, 6.07) is 13.2. The maximum Gasteiger partial charge on any atom is 0.255 e. The lowest BCUT2D eigenvalue weighted by Gasteiger charge is -2.13. The molecule has 1 N–H and O–H groups in total. The molecule has 1 heterocycles. The molecule has 0 aliphatic rings. The lowest BCUT2D eigenvalue weighted by molar-refractivity contribution is 0.102. The molecule has 0 saturated carbocycles. The van der Waals surface area contributed by atoms with Crippen molar-refractivity contribution in [2.24, 2.45) is 7.05 Å². The molecule has 0 atom stereocenters. The zero-order chi connectivity index (χ0) is 15.7. The van der Waals surface area contributed by atoms with Crippen molar-refractivity contribution in [3.63, 3.8) is 0 Å². The second-order valence-corrected chi connectivity index (χ2v) is 5.46. The van der Waals surface area contributed by atoms with E-state index in [2.05, 4.69) is 10.3 Å². The van der Waals surface area contributed by atoms with Gasteiger partial charge < -0.3 is 14.8 Å². The van der Waals surface area contributed by atoms with Crippen LogP contribution in [0, 0.1) is 0 Å². The van der Waals surface area contributed by atoms with Crippen LogP contribution in [0.15, 0.2) is 48.8 Å². The van der Waals surface area contributed by atoms with E-state index in [-0.39, 0.29) is 5.91 Å². The molecule has 2 aromatic carbocycles. The molecule has 5 heteroatoms. The lowest BCUT2D eigenvalue weighted by Crippen LogP contribution is -2.14. The molecule has 0 radical (unpaired) electrons. The van der Waals surface area contributed by atoms with E-state index in [4.69, 9.17) is 0 Å². The van der Waals surface area contributed by atoms with Gasteiger partial charge in [-0.05, 0) is 36.4 Å². The smallest absolute Gasteiger partial charge is 0.255 e. The third kappa shape index (κ3) is 2.65. The fraction of sp³-hybridized carbons (Fsp3) is 0.176. The molecule has 22 heavy (non-hydrogen) atoms. The van der Waals surface area contributed by atoms with Gasteiger partial charge in [0.25, 0.3) is 5.91 Å². The van der Waals surface area contributed by atoms with E-state index < -0.39 is 0 Å². The maximum atomic E-state index is 12.4. The number of hydrogen-bond acceptors (Lipinski definition) is 3. The number of aryl methyl sites for hydroxylation is 1. The standard InChI is InChI=1S/C17H18N4O/c1-20(2)14-6-4-5-12(9-14)17(22)19-13-7-8-16-15(10-13)18-11-21(16)3/h4-11H,1-3H3,(H,19,22). The van der Waals surface area contributed by atoms with Crippen molar-refractivity contribution >= 4 is 28.3 Å². The van der Waals surface area contributed by atoms with Crippen LogP contribution in [0.4, 0.5) is 11.4 Å². The van der Waals surface area contributed by atoms with Gasteiger partial charge in [-0.3, -0.25) is 4.79 Å². The first kappa shape index (κ1) is 14.1. The normalized spacial score (nSPS) is 10.7. The Hall–Kier alpha value is -2.82. The van der Waals surface area contributed by atoms with Crippen LogP contribution in [-0.2, 0) is 7.05 Å². The molecular weight excluding hydrogens is 276 g/mol. The highest BCUT2D eigenvalue weighted by molar-refractivity contribution is 6.05. The average molecular weight is 294 g/mol. The molecule has 0 aliphatic heterocycles. The number of carbonyl (C=O) groups is 1. The van der Waals surface area contributed by atoms with Crippen molar-refractivity contribution in [1.29, 1.82) is 0 Å². The highest BCUT2D eigenvalue weighted by atomic mass is 16.1. The van der Waals surface area contributed by atoms with Crippen molar-refractivity contribution in [2.75, 3.05) is 24.3 Å². The summed E-state index contributed by atoms with van der Waals surface area (Å²) in [6.07, 6.45) is 1.76. The summed E-state index contributed by atoms with van der Waals surface area (Å²) in [7, 11) is 5.85. The highest BCUT2D eigenvalue weighted by Crippen LogP contribution is 2.19. The number of imidazole rings is 1. The van der Waals surface area contributed by atoms with Crippen LogP contribution in [0.1, 0.15) is 10.4 Å². The minimum atomic E-state index is -0.126. The Morgan fingerprint density at radius 2 is 2.00 bits per heavy atom. The number of anilines is 2. The number of amides is 1. The van der Waals surface area contributed by atoms with Gasteiger partial charge in [-0.15, -0.1) is 0 Å². The summed E-state index contributed by atoms with van der Waals surface area (Å²) in [5.74, 6) is -0.126. The van der Waals surface area contributed by atoms with Gasteiger partial charge in [-0.2, -0.15) is 0 Å². The summed E-state index contributed by atoms with van der Waals surface area (Å²) < 4.78 is 1.95. The molecule has 1 aromatic heterocycles. The first-order chi connectivity index (χ1) is 10.5. The maximum absolute atomic E-state index is 12.4. The highest BCUT2D eigenvalue weighted by Gasteiger charge is 2.09. The molecule has 0 unspecified atom stereocenters. The predicted octanol–water partition coefficient (Wildman–Crippen LogP) is 2.89. The molecule has 0 saturated heterocycles. The van der Waals surface area contributed by atoms with Gasteiger partial charge in [-0.25, -0.2) is 4.98 Å². The number of nitrogens with zero attached hydrogens (tertiary/aromatic N) is 3. The number of hydrogen-bond donors (Lipinski definition) is 1. The van der Waals surface area contributed by atoms with Gasteiger partial charge in [0.15, 0.2) is 0 Å². The molecule has 0 spiro atoms. The summed E-state index contributed by atoms with van der Waals surface area (Å²) in [5.41, 5.74) is 4.27. The van der Waals surface area contributed by atoms with E-state index in [1.807, 2.05) is 73.1 Å². The summed E-state index contributed by atoms with van der Waals surface area (Å²) in [5, 5.41) is 2.92. The molecule has 112 valence electrons. The minimum absolute atomic E-state index is 0.126. The summed E-state index contributed by atoms with van der Waals surface area (Å²) in [6.45, 7) is 0. The van der Waals surface area contributed by atoms with Crippen LogP contribution in [0.5, 0.6) is 0 Å². The van der Waals surface area contributed by atoms with Gasteiger partial charge in [0, 0.05) is 38.1 Å². The fourth-order valence-electron chi connectivity index (χ4n) is 2.34. The first-order valence-corrected chi connectivity index (χ1v) is 7.04. The van der Waals surface area contributed by atoms with Crippen molar-refractivity contribution < 1.29 is 4.79 Å². The van der Waals surface area contributed by atoms with E-state index in [0.717, 1.165) is 22.4 Å². The Morgan fingerprint density at radius 1 is 1.18 bits per heavy atom. The van der Waals surface area contributed by atoms with Gasteiger partial charge in [0.1, 0.15) is 0 Å². The summed E-state index contributed by atoms with van der Waals surface area (Å²) >= 11 is 0. The second-order valence-electron chi connectivity index (χ2n) is 5.46. The van der Waals surface area contributed by atoms with Crippen LogP contribution in [0.3, 0.4) is 0 Å². The fourth-order valence-corrected chi connectivity index (χ4v) is 2.34. The monoisotopic (exact) mass is 294 g/mol. The van der Waals surface area contributed by atoms with Crippen molar-refractivity contribution in [3.05, 3.63) is 54.4 Å². The Morgan fingerprint density at radius 3 is 2.77 bits per heavy atom. The number of carbonyl (C=O) groups excluding carboxylic acids is 1. The topological polar surface area (TPSA) is 50.2 Å². The van der Waals surface area contributed by atoms with Gasteiger partial charge in [0.2, 0.25) is 0 Å². The van der Waals surface area contributed by atoms with Crippen molar-refractivity contribution in [1.82, 2.24) is 9.55 Å². The van der Waals surface area contributed by atoms with Crippen LogP contribution in [0.2, 0.25) is 0 Å². The molecule has 1 amide bonds. The number of aromatic nitrogens is 2. The molecule has 3 rings (SSSR count). The van der Waals surface area contributed by atoms with Crippen molar-refractivity contribution in [2.45, 2.75) is 0 Å². The third-order valence-corrected chi connectivity index (χ3v) is 3.61. The molecule has 5 nitrogen and oxygen atoms in total. The average Bonchev–Trinajstić information content (AvgIpc) is 2.88. The Kier molecular flexibility index (Phi) is 3.55. The first-order valence-electron chi connectivity index (χ1n) is 7.04. The van der Waals surface area contributed by atoms with E-state index in [1.165, 1.54) is 0 Å². The molecular formula is C17H18N4O. The number of nitrogens with one attached hydrogen (secondary N) is 1. The Labute approximate surface area is 129 Å². The largest absolute Gasteiger partial charge is 0.378 e. The number of fused-ring (bicyclic) bond motifs is 1. The van der Waals surface area contributed by atoms with Gasteiger partial charge >= 0.3 is 0 Å². The lowest BCUT2D eigenvalue weighted by atomic mass is 10.1. The molecule has 0 fully saturated rings. The van der Waals surface area contributed by atoms with Gasteiger partial charge in [-0.1, -0.05) is 6.07 Å². The predicted molar refractivity (Wildman–Crippen MR) is 89.4 cm³/mol. The Balaban J connectivity index is 1.84. The van der Waals surface area contributed by atoms with Gasteiger partial charge in [0.05, 0.1) is 17.4 Å². The van der Waals surface area contributed by atoms with Crippen LogP contribution >= 0.6 is 0 Å². The van der Waals surface area contributed by atoms with Crippen LogP contribution in [-0.4, -0.2) is 29.6 Å². The van der Waals surface area contributed by atoms with E-state index in [0.29, 0.717) is 5.56 Å². The van der Waals surface area contributed by atoms with Crippen molar-refractivity contribution in [3.8, 4) is 0 Å². The summed E-state index contributed by atoms with van der Waals surface area (Å²) in [4.78, 5) is 18.6. The zero-order valence-electron chi connectivity index (χ0n) is 12.9. The quantitative estimate of drug-likeness (QED) is 0.808. The molecule has 0 aliphatic carbocycles. The number of rotatable bonds is 3. The zero-order valence-corrected chi connectivity index (χ0v) is 12.9. The van der Waals surface area contributed by atoms with E-state index in [1.54, 1.807) is 6.33 Å². The Bertz CT molecular complexity index is 836. The van der Waals surface area contributed by atoms with Crippen LogP contribution in [0.25, 0.3) is 11.0 Å².